The summed E-state index contributed by atoms with van der Waals surface area (Å²) < 4.78 is 27.1. The van der Waals surface area contributed by atoms with E-state index in [1.165, 1.54) is 17.8 Å². The summed E-state index contributed by atoms with van der Waals surface area (Å²) >= 11 is 2.56. The Labute approximate surface area is 133 Å². The van der Waals surface area contributed by atoms with E-state index < -0.39 is 11.6 Å². The summed E-state index contributed by atoms with van der Waals surface area (Å²) in [6, 6.07) is 9.09. The van der Waals surface area contributed by atoms with E-state index in [2.05, 4.69) is 10.3 Å². The topological polar surface area (TPSA) is 42.0 Å². The molecule has 1 N–H and O–H groups in total. The quantitative estimate of drug-likeness (QED) is 0.714. The summed E-state index contributed by atoms with van der Waals surface area (Å²) in [5.74, 6) is -1.74. The Bertz CT molecular complexity index is 864. The second kappa shape index (κ2) is 6.02. The Morgan fingerprint density at radius 1 is 1.27 bits per heavy atom. The van der Waals surface area contributed by atoms with Gasteiger partial charge in [-0.1, -0.05) is 17.4 Å². The lowest BCUT2D eigenvalue weighted by Crippen LogP contribution is -2.11. The van der Waals surface area contributed by atoms with Crippen molar-refractivity contribution < 1.29 is 13.6 Å². The lowest BCUT2D eigenvalue weighted by molar-refractivity contribution is 0.102. The van der Waals surface area contributed by atoms with Gasteiger partial charge in [0, 0.05) is 16.5 Å². The number of carbonyl (C=O) groups excluding carboxylic acids is 1. The minimum atomic E-state index is -0.740. The molecule has 22 heavy (non-hydrogen) atoms. The zero-order valence-electron chi connectivity index (χ0n) is 11.4. The summed E-state index contributed by atoms with van der Waals surface area (Å²) in [6.45, 7) is 0. The highest BCUT2D eigenvalue weighted by Crippen LogP contribution is 2.29. The first-order chi connectivity index (χ1) is 10.6. The molecule has 112 valence electrons. The second-order valence-electron chi connectivity index (χ2n) is 4.44. The van der Waals surface area contributed by atoms with E-state index in [0.717, 1.165) is 22.3 Å². The molecule has 0 aliphatic carbocycles. The number of halogens is 2. The molecule has 2 aromatic carbocycles. The number of aromatic nitrogens is 1. The monoisotopic (exact) mass is 336 g/mol. The van der Waals surface area contributed by atoms with E-state index in [9.17, 15) is 13.6 Å². The zero-order valence-corrected chi connectivity index (χ0v) is 13.0. The standard InChI is InChI=1S/C15H10F2N2OS2/c1-21-10-4-2-3-8(5-10)14(20)19-15-18-13-11(17)6-9(16)7-12(13)22-15/h2-7H,1H3,(H,18,19,20). The second-order valence-corrected chi connectivity index (χ2v) is 6.35. The van der Waals surface area contributed by atoms with Crippen LogP contribution in [0.25, 0.3) is 10.2 Å². The number of nitrogens with one attached hydrogen (secondary N) is 1. The molecule has 1 amide bonds. The molecule has 0 bridgehead atoms. The van der Waals surface area contributed by atoms with Gasteiger partial charge in [0.25, 0.3) is 5.91 Å². The number of rotatable bonds is 3. The van der Waals surface area contributed by atoms with Gasteiger partial charge in [-0.15, -0.1) is 11.8 Å². The first-order valence-electron chi connectivity index (χ1n) is 6.28. The van der Waals surface area contributed by atoms with Crippen molar-refractivity contribution in [1.29, 1.82) is 0 Å². The summed E-state index contributed by atoms with van der Waals surface area (Å²) in [4.78, 5) is 17.2. The van der Waals surface area contributed by atoms with Crippen LogP contribution in [-0.2, 0) is 0 Å². The number of amides is 1. The summed E-state index contributed by atoms with van der Waals surface area (Å²) in [7, 11) is 0. The van der Waals surface area contributed by atoms with Crippen molar-refractivity contribution in [1.82, 2.24) is 4.98 Å². The van der Waals surface area contributed by atoms with E-state index in [1.54, 1.807) is 18.2 Å². The Hall–Kier alpha value is -1.99. The summed E-state index contributed by atoms with van der Waals surface area (Å²) in [5, 5.41) is 2.85. The third-order valence-electron chi connectivity index (χ3n) is 2.97. The van der Waals surface area contributed by atoms with Crippen molar-refractivity contribution >= 4 is 44.4 Å². The Morgan fingerprint density at radius 3 is 2.86 bits per heavy atom. The molecule has 0 saturated carbocycles. The largest absolute Gasteiger partial charge is 0.298 e. The van der Waals surface area contributed by atoms with E-state index in [1.807, 2.05) is 12.3 Å². The number of fused-ring (bicyclic) bond motifs is 1. The van der Waals surface area contributed by atoms with Gasteiger partial charge in [-0.3, -0.25) is 10.1 Å². The average Bonchev–Trinajstić information content (AvgIpc) is 2.90. The van der Waals surface area contributed by atoms with Gasteiger partial charge < -0.3 is 0 Å². The van der Waals surface area contributed by atoms with Crippen LogP contribution in [0.1, 0.15) is 10.4 Å². The van der Waals surface area contributed by atoms with Gasteiger partial charge in [-0.2, -0.15) is 0 Å². The smallest absolute Gasteiger partial charge is 0.257 e. The number of hydrogen-bond donors (Lipinski definition) is 1. The highest BCUT2D eigenvalue weighted by atomic mass is 32.2. The molecule has 0 atom stereocenters. The molecule has 7 heteroatoms. The molecule has 0 spiro atoms. The molecule has 0 unspecified atom stereocenters. The van der Waals surface area contributed by atoms with Gasteiger partial charge in [0.15, 0.2) is 10.9 Å². The highest BCUT2D eigenvalue weighted by molar-refractivity contribution is 7.98. The van der Waals surface area contributed by atoms with Gasteiger partial charge in [-0.25, -0.2) is 13.8 Å². The van der Waals surface area contributed by atoms with Crippen LogP contribution in [0.3, 0.4) is 0 Å². The van der Waals surface area contributed by atoms with Gasteiger partial charge in [0.1, 0.15) is 11.3 Å². The van der Waals surface area contributed by atoms with Gasteiger partial charge in [0.2, 0.25) is 0 Å². The molecular formula is C15H10F2N2OS2. The molecular weight excluding hydrogens is 326 g/mol. The molecule has 3 rings (SSSR count). The van der Waals surface area contributed by atoms with Gasteiger partial charge >= 0.3 is 0 Å². The third kappa shape index (κ3) is 2.95. The molecule has 3 nitrogen and oxygen atoms in total. The first-order valence-corrected chi connectivity index (χ1v) is 8.32. The van der Waals surface area contributed by atoms with Crippen molar-refractivity contribution in [2.45, 2.75) is 4.90 Å². The van der Waals surface area contributed by atoms with Crippen molar-refractivity contribution in [2.24, 2.45) is 0 Å². The minimum absolute atomic E-state index is 0.0552. The molecule has 3 aromatic rings. The molecule has 1 heterocycles. The molecule has 0 aliphatic rings. The maximum atomic E-state index is 13.6. The maximum Gasteiger partial charge on any atom is 0.257 e. The van der Waals surface area contributed by atoms with Crippen molar-refractivity contribution in [2.75, 3.05) is 11.6 Å². The number of anilines is 1. The number of hydrogen-bond acceptors (Lipinski definition) is 4. The maximum absolute atomic E-state index is 13.6. The number of benzene rings is 2. The fourth-order valence-corrected chi connectivity index (χ4v) is 3.30. The lowest BCUT2D eigenvalue weighted by atomic mass is 10.2. The zero-order chi connectivity index (χ0) is 15.7. The third-order valence-corrected chi connectivity index (χ3v) is 4.61. The van der Waals surface area contributed by atoms with Crippen LogP contribution in [0.5, 0.6) is 0 Å². The van der Waals surface area contributed by atoms with Gasteiger partial charge in [0.05, 0.1) is 4.70 Å². The Morgan fingerprint density at radius 2 is 2.09 bits per heavy atom. The predicted octanol–water partition coefficient (Wildman–Crippen LogP) is 4.55. The van der Waals surface area contributed by atoms with Crippen LogP contribution in [0.15, 0.2) is 41.3 Å². The predicted molar refractivity (Wildman–Crippen MR) is 85.7 cm³/mol. The van der Waals surface area contributed by atoms with E-state index in [0.29, 0.717) is 10.3 Å². The van der Waals surface area contributed by atoms with E-state index in [-0.39, 0.29) is 16.6 Å². The van der Waals surface area contributed by atoms with Crippen molar-refractivity contribution in [3.63, 3.8) is 0 Å². The van der Waals surface area contributed by atoms with Crippen LogP contribution in [0.4, 0.5) is 13.9 Å². The first kappa shape index (κ1) is 14.9. The Balaban J connectivity index is 1.89. The van der Waals surface area contributed by atoms with Crippen LogP contribution in [-0.4, -0.2) is 17.1 Å². The number of carbonyl (C=O) groups is 1. The van der Waals surface area contributed by atoms with Crippen LogP contribution >= 0.6 is 23.1 Å². The molecule has 0 saturated heterocycles. The van der Waals surface area contributed by atoms with Crippen LogP contribution < -0.4 is 5.32 Å². The fourth-order valence-electron chi connectivity index (χ4n) is 1.94. The SMILES string of the molecule is CSc1cccc(C(=O)Nc2nc3c(F)cc(F)cc3s2)c1. The Kier molecular flexibility index (Phi) is 4.08. The summed E-state index contributed by atoms with van der Waals surface area (Å²) in [5.41, 5.74) is 0.539. The highest BCUT2D eigenvalue weighted by Gasteiger charge is 2.13. The number of thioether (sulfide) groups is 1. The minimum Gasteiger partial charge on any atom is -0.298 e. The summed E-state index contributed by atoms with van der Waals surface area (Å²) in [6.07, 6.45) is 1.92. The van der Waals surface area contributed by atoms with E-state index >= 15 is 0 Å². The lowest BCUT2D eigenvalue weighted by Gasteiger charge is -2.03. The molecule has 0 aliphatic heterocycles. The van der Waals surface area contributed by atoms with Crippen molar-refractivity contribution in [3.05, 3.63) is 53.6 Å². The molecule has 1 aromatic heterocycles. The van der Waals surface area contributed by atoms with E-state index in [4.69, 9.17) is 0 Å². The number of nitrogens with zero attached hydrogens (tertiary/aromatic N) is 1. The molecule has 0 radical (unpaired) electrons. The molecule has 0 fully saturated rings. The van der Waals surface area contributed by atoms with Crippen LogP contribution in [0.2, 0.25) is 0 Å². The normalized spacial score (nSPS) is 10.9. The van der Waals surface area contributed by atoms with Crippen LogP contribution in [0, 0.1) is 11.6 Å². The van der Waals surface area contributed by atoms with Crippen molar-refractivity contribution in [3.8, 4) is 0 Å². The number of thiazole rings is 1. The fraction of sp³-hybridized carbons (Fsp3) is 0.0667. The average molecular weight is 336 g/mol. The van der Waals surface area contributed by atoms with Gasteiger partial charge in [-0.05, 0) is 30.5 Å².